The lowest BCUT2D eigenvalue weighted by Gasteiger charge is -2.36. The Bertz CT molecular complexity index is 1120. The molecule has 3 aromatic heterocycles. The fraction of sp³-hybridized carbons (Fsp3) is 0.381. The second-order valence-corrected chi connectivity index (χ2v) is 8.42. The number of amides is 2. The molecule has 0 bridgehead atoms. The zero-order valence-electron chi connectivity index (χ0n) is 16.3. The fourth-order valence-corrected chi connectivity index (χ4v) is 4.85. The monoisotopic (exact) mass is 424 g/mol. The van der Waals surface area contributed by atoms with Crippen molar-refractivity contribution in [2.75, 3.05) is 11.4 Å². The van der Waals surface area contributed by atoms with E-state index in [0.29, 0.717) is 28.5 Å². The molecule has 2 fully saturated rings. The first-order chi connectivity index (χ1) is 14.6. The lowest BCUT2D eigenvalue weighted by Crippen LogP contribution is -2.44. The van der Waals surface area contributed by atoms with Gasteiger partial charge in [0.1, 0.15) is 5.56 Å². The normalized spacial score (nSPS) is 24.0. The summed E-state index contributed by atoms with van der Waals surface area (Å²) in [5.41, 5.74) is 1.31. The standard InChI is InChI=1S/C21H21ClN6O2/c22-16-4-9-23-13-17(16)27-11-7-21(20(27)30)5-2-14(3-6-21)26-19(29)15-12-25-28-10-1-8-24-18(15)28/h1,4,8-10,12-14H,2-3,5-7,11H2,(H,26,29). The zero-order valence-corrected chi connectivity index (χ0v) is 17.0. The molecule has 9 heteroatoms. The van der Waals surface area contributed by atoms with Crippen LogP contribution in [0.3, 0.4) is 0 Å². The number of halogens is 1. The molecule has 1 aliphatic heterocycles. The van der Waals surface area contributed by atoms with Gasteiger partial charge in [-0.1, -0.05) is 11.6 Å². The molecular formula is C21H21ClN6O2. The molecule has 1 spiro atoms. The molecule has 1 N–H and O–H groups in total. The van der Waals surface area contributed by atoms with Gasteiger partial charge >= 0.3 is 0 Å². The van der Waals surface area contributed by atoms with Crippen molar-refractivity contribution in [3.63, 3.8) is 0 Å². The van der Waals surface area contributed by atoms with Crippen LogP contribution in [0.5, 0.6) is 0 Å². The number of nitrogens with one attached hydrogen (secondary N) is 1. The molecule has 8 nitrogen and oxygen atoms in total. The Labute approximate surface area is 178 Å². The first kappa shape index (κ1) is 19.0. The van der Waals surface area contributed by atoms with Crippen LogP contribution in [0.1, 0.15) is 42.5 Å². The van der Waals surface area contributed by atoms with Crippen LogP contribution in [0.25, 0.3) is 5.65 Å². The minimum Gasteiger partial charge on any atom is -0.349 e. The minimum atomic E-state index is -0.369. The van der Waals surface area contributed by atoms with Gasteiger partial charge in [0, 0.05) is 31.2 Å². The van der Waals surface area contributed by atoms with E-state index in [-0.39, 0.29) is 23.3 Å². The largest absolute Gasteiger partial charge is 0.349 e. The number of pyridine rings is 1. The lowest BCUT2D eigenvalue weighted by atomic mass is 9.71. The van der Waals surface area contributed by atoms with Gasteiger partial charge in [-0.2, -0.15) is 5.10 Å². The maximum atomic E-state index is 13.2. The number of rotatable bonds is 3. The maximum Gasteiger partial charge on any atom is 0.256 e. The number of anilines is 1. The van der Waals surface area contributed by atoms with Gasteiger partial charge in [-0.3, -0.25) is 14.6 Å². The number of fused-ring (bicyclic) bond motifs is 1. The van der Waals surface area contributed by atoms with E-state index in [0.717, 1.165) is 32.1 Å². The molecule has 2 amide bonds. The predicted molar refractivity (Wildman–Crippen MR) is 111 cm³/mol. The van der Waals surface area contributed by atoms with Crippen molar-refractivity contribution in [3.8, 4) is 0 Å². The quantitative estimate of drug-likeness (QED) is 0.697. The van der Waals surface area contributed by atoms with E-state index in [9.17, 15) is 9.59 Å². The van der Waals surface area contributed by atoms with E-state index in [1.165, 1.54) is 6.20 Å². The van der Waals surface area contributed by atoms with Crippen molar-refractivity contribution in [1.29, 1.82) is 0 Å². The van der Waals surface area contributed by atoms with Gasteiger partial charge in [0.25, 0.3) is 5.91 Å². The van der Waals surface area contributed by atoms with Crippen molar-refractivity contribution >= 4 is 34.7 Å². The van der Waals surface area contributed by atoms with E-state index in [1.54, 1.807) is 46.3 Å². The number of carbonyl (C=O) groups is 2. The Kier molecular flexibility index (Phi) is 4.66. The summed E-state index contributed by atoms with van der Waals surface area (Å²) in [4.78, 5) is 36.1. The summed E-state index contributed by atoms with van der Waals surface area (Å²) in [5, 5.41) is 7.81. The van der Waals surface area contributed by atoms with Gasteiger partial charge in [0.2, 0.25) is 5.91 Å². The lowest BCUT2D eigenvalue weighted by molar-refractivity contribution is -0.127. The molecule has 1 saturated heterocycles. The topological polar surface area (TPSA) is 92.5 Å². The summed E-state index contributed by atoms with van der Waals surface area (Å²) in [5.74, 6) is -0.0554. The van der Waals surface area contributed by atoms with Crippen LogP contribution in [0.2, 0.25) is 5.02 Å². The Hall–Kier alpha value is -3.00. The molecule has 1 aliphatic carbocycles. The van der Waals surface area contributed by atoms with E-state index in [4.69, 9.17) is 11.6 Å². The average molecular weight is 425 g/mol. The van der Waals surface area contributed by atoms with Crippen LogP contribution in [0, 0.1) is 5.41 Å². The summed E-state index contributed by atoms with van der Waals surface area (Å²) < 4.78 is 1.58. The highest BCUT2D eigenvalue weighted by atomic mass is 35.5. The van der Waals surface area contributed by atoms with E-state index >= 15 is 0 Å². The highest BCUT2D eigenvalue weighted by Gasteiger charge is 2.49. The van der Waals surface area contributed by atoms with Gasteiger partial charge in [-0.15, -0.1) is 0 Å². The Morgan fingerprint density at radius 1 is 1.20 bits per heavy atom. The van der Waals surface area contributed by atoms with Gasteiger partial charge in [-0.25, -0.2) is 9.50 Å². The number of hydrogen-bond donors (Lipinski definition) is 1. The molecule has 30 heavy (non-hydrogen) atoms. The van der Waals surface area contributed by atoms with Gasteiger partial charge in [0.05, 0.1) is 28.5 Å². The molecule has 2 aliphatic rings. The van der Waals surface area contributed by atoms with E-state index < -0.39 is 0 Å². The predicted octanol–water partition coefficient (Wildman–Crippen LogP) is 2.87. The van der Waals surface area contributed by atoms with Crippen molar-refractivity contribution in [2.45, 2.75) is 38.1 Å². The highest BCUT2D eigenvalue weighted by Crippen LogP contribution is 2.46. The fourth-order valence-electron chi connectivity index (χ4n) is 4.65. The van der Waals surface area contributed by atoms with Crippen LogP contribution in [0.15, 0.2) is 43.1 Å². The summed E-state index contributed by atoms with van der Waals surface area (Å²) in [6, 6.07) is 3.50. The number of aromatic nitrogens is 4. The summed E-state index contributed by atoms with van der Waals surface area (Å²) >= 11 is 6.27. The molecule has 0 atom stereocenters. The summed E-state index contributed by atoms with van der Waals surface area (Å²) in [6.07, 6.45) is 12.0. The van der Waals surface area contributed by atoms with Crippen molar-refractivity contribution < 1.29 is 9.59 Å². The molecular weight excluding hydrogens is 404 g/mol. The maximum absolute atomic E-state index is 13.2. The number of carbonyl (C=O) groups excluding carboxylic acids is 2. The Morgan fingerprint density at radius 2 is 2.03 bits per heavy atom. The first-order valence-corrected chi connectivity index (χ1v) is 10.5. The van der Waals surface area contributed by atoms with Crippen LogP contribution < -0.4 is 10.2 Å². The third-order valence-corrected chi connectivity index (χ3v) is 6.67. The molecule has 4 heterocycles. The minimum absolute atomic E-state index is 0.0330. The number of nitrogens with zero attached hydrogens (tertiary/aromatic N) is 5. The summed E-state index contributed by atoms with van der Waals surface area (Å²) in [6.45, 7) is 0.648. The van der Waals surface area contributed by atoms with Gasteiger partial charge in [-0.05, 0) is 44.2 Å². The molecule has 154 valence electrons. The Morgan fingerprint density at radius 3 is 2.83 bits per heavy atom. The summed E-state index contributed by atoms with van der Waals surface area (Å²) in [7, 11) is 0. The second kappa shape index (κ2) is 7.36. The van der Waals surface area contributed by atoms with Crippen molar-refractivity contribution in [2.24, 2.45) is 5.41 Å². The van der Waals surface area contributed by atoms with Gasteiger partial charge in [0.15, 0.2) is 5.65 Å². The number of hydrogen-bond acceptors (Lipinski definition) is 5. The van der Waals surface area contributed by atoms with Crippen molar-refractivity contribution in [3.05, 3.63) is 53.7 Å². The zero-order chi connectivity index (χ0) is 20.7. The van der Waals surface area contributed by atoms with Crippen LogP contribution in [0.4, 0.5) is 5.69 Å². The average Bonchev–Trinajstić information content (AvgIpc) is 3.33. The third kappa shape index (κ3) is 3.11. The van der Waals surface area contributed by atoms with E-state index in [1.807, 2.05) is 0 Å². The van der Waals surface area contributed by atoms with Crippen LogP contribution >= 0.6 is 11.6 Å². The molecule has 3 aromatic rings. The molecule has 0 unspecified atom stereocenters. The molecule has 0 aromatic carbocycles. The molecule has 1 saturated carbocycles. The SMILES string of the molecule is O=C(NC1CCC2(CC1)CCN(c1cnccc1Cl)C2=O)c1cnn2cccnc12. The van der Waals surface area contributed by atoms with Gasteiger partial charge < -0.3 is 10.2 Å². The molecule has 0 radical (unpaired) electrons. The van der Waals surface area contributed by atoms with Crippen LogP contribution in [-0.4, -0.2) is 44.0 Å². The third-order valence-electron chi connectivity index (χ3n) is 6.35. The highest BCUT2D eigenvalue weighted by molar-refractivity contribution is 6.33. The first-order valence-electron chi connectivity index (χ1n) is 10.1. The second-order valence-electron chi connectivity index (χ2n) is 8.01. The Balaban J connectivity index is 1.25. The van der Waals surface area contributed by atoms with Crippen LogP contribution in [-0.2, 0) is 4.79 Å². The smallest absolute Gasteiger partial charge is 0.256 e. The molecule has 5 rings (SSSR count). The van der Waals surface area contributed by atoms with E-state index in [2.05, 4.69) is 20.4 Å². The van der Waals surface area contributed by atoms with Crippen molar-refractivity contribution in [1.82, 2.24) is 24.9 Å².